The maximum atomic E-state index is 13.0. The molecule has 1 aliphatic rings. The zero-order chi connectivity index (χ0) is 27.7. The Morgan fingerprint density at radius 2 is 1.79 bits per heavy atom. The average molecular weight is 537 g/mol. The highest BCUT2D eigenvalue weighted by molar-refractivity contribution is 5.96. The monoisotopic (exact) mass is 536 g/mol. The molecule has 12 nitrogen and oxygen atoms in total. The summed E-state index contributed by atoms with van der Waals surface area (Å²) in [4.78, 5) is 39.3. The number of methoxy groups -OCH3 is 1. The van der Waals surface area contributed by atoms with Crippen LogP contribution in [-0.2, 0) is 19.0 Å². The van der Waals surface area contributed by atoms with Crippen molar-refractivity contribution in [3.05, 3.63) is 40.2 Å². The molecule has 210 valence electrons. The molecule has 6 N–H and O–H groups in total. The van der Waals surface area contributed by atoms with Crippen LogP contribution < -0.4 is 10.7 Å². The highest BCUT2D eigenvalue weighted by Crippen LogP contribution is 2.24. The van der Waals surface area contributed by atoms with Crippen LogP contribution in [0, 0.1) is 0 Å². The van der Waals surface area contributed by atoms with E-state index in [0.717, 1.165) is 38.2 Å². The number of amides is 1. The van der Waals surface area contributed by atoms with Gasteiger partial charge in [-0.25, -0.2) is 0 Å². The molecule has 0 saturated carbocycles. The highest BCUT2D eigenvalue weighted by atomic mass is 16.7. The fourth-order valence-electron chi connectivity index (χ4n) is 4.37. The number of aliphatic hydroxyl groups is 3. The number of aromatic nitrogens is 1. The van der Waals surface area contributed by atoms with Gasteiger partial charge in [-0.3, -0.25) is 14.4 Å². The number of unbranched alkanes of at least 4 members (excludes halogenated alkanes) is 5. The van der Waals surface area contributed by atoms with E-state index >= 15 is 0 Å². The molecule has 0 bridgehead atoms. The molecule has 5 atom stereocenters. The second kappa shape index (κ2) is 14.2. The Labute approximate surface area is 219 Å². The fourth-order valence-corrected chi connectivity index (χ4v) is 4.37. The van der Waals surface area contributed by atoms with Crippen molar-refractivity contribution in [1.29, 1.82) is 0 Å². The summed E-state index contributed by atoms with van der Waals surface area (Å²) in [5.41, 5.74) is -0.566. The lowest BCUT2D eigenvalue weighted by Gasteiger charge is -2.42. The number of phenols is 1. The number of carbonyl (C=O) groups is 2. The van der Waals surface area contributed by atoms with Gasteiger partial charge in [-0.15, -0.1) is 0 Å². The quantitative estimate of drug-likeness (QED) is 0.157. The van der Waals surface area contributed by atoms with Gasteiger partial charge in [-0.05, 0) is 25.0 Å². The van der Waals surface area contributed by atoms with E-state index in [2.05, 4.69) is 15.0 Å². The van der Waals surface area contributed by atoms with E-state index in [4.69, 9.17) is 9.47 Å². The minimum atomic E-state index is -1.52. The number of ether oxygens (including phenoxy) is 3. The molecule has 1 aromatic heterocycles. The van der Waals surface area contributed by atoms with Gasteiger partial charge in [-0.1, -0.05) is 31.7 Å². The van der Waals surface area contributed by atoms with Gasteiger partial charge in [0.2, 0.25) is 0 Å². The number of phenolic OH excluding ortho intramolecular Hbond substituents is 1. The number of para-hydroxylation sites is 1. The summed E-state index contributed by atoms with van der Waals surface area (Å²) in [5.74, 6) is -1.21. The molecule has 3 rings (SSSR count). The summed E-state index contributed by atoms with van der Waals surface area (Å²) in [7, 11) is 1.37. The average Bonchev–Trinajstić information content (AvgIpc) is 2.91. The third-order valence-electron chi connectivity index (χ3n) is 6.55. The normalized spacial score (nSPS) is 23.3. The van der Waals surface area contributed by atoms with Crippen molar-refractivity contribution in [2.24, 2.45) is 0 Å². The van der Waals surface area contributed by atoms with E-state index in [-0.39, 0.29) is 34.9 Å². The Morgan fingerprint density at radius 1 is 1.08 bits per heavy atom. The summed E-state index contributed by atoms with van der Waals surface area (Å²) >= 11 is 0. The Hall–Kier alpha value is -3.03. The first-order chi connectivity index (χ1) is 18.3. The molecule has 2 aromatic rings. The van der Waals surface area contributed by atoms with Crippen LogP contribution in [-0.4, -0.2) is 88.3 Å². The fraction of sp³-hybridized carbons (Fsp3) is 0.577. The summed E-state index contributed by atoms with van der Waals surface area (Å²) in [6.45, 7) is -0.331. The Bertz CT molecular complexity index is 1140. The lowest BCUT2D eigenvalue weighted by Crippen LogP contribution is -2.64. The minimum Gasteiger partial charge on any atom is -0.506 e. The van der Waals surface area contributed by atoms with E-state index in [0.29, 0.717) is 12.8 Å². The molecule has 0 radical (unpaired) electrons. The lowest BCUT2D eigenvalue weighted by atomic mass is 9.96. The molecular weight excluding hydrogens is 500 g/mol. The van der Waals surface area contributed by atoms with Crippen LogP contribution >= 0.6 is 0 Å². The van der Waals surface area contributed by atoms with Gasteiger partial charge in [0.05, 0.1) is 19.2 Å². The van der Waals surface area contributed by atoms with Crippen molar-refractivity contribution in [3.63, 3.8) is 0 Å². The molecule has 1 aliphatic heterocycles. The van der Waals surface area contributed by atoms with E-state index in [1.165, 1.54) is 25.3 Å². The predicted octanol–water partition coefficient (Wildman–Crippen LogP) is 0.691. The van der Waals surface area contributed by atoms with Crippen LogP contribution in [0.4, 0.5) is 0 Å². The number of benzene rings is 1. The SMILES string of the molecule is COC(=O)CCCCCCCCO[C@@H]1OC(CO)[C@H](O)C(O)C1NC(=O)c1cc(=O)c2cccc(O)c2[nH]1. The number of carbonyl (C=O) groups excluding carboxylic acids is 2. The number of aromatic amines is 1. The largest absolute Gasteiger partial charge is 0.506 e. The third kappa shape index (κ3) is 7.51. The molecule has 0 aliphatic carbocycles. The van der Waals surface area contributed by atoms with Crippen molar-refractivity contribution in [2.45, 2.75) is 75.6 Å². The van der Waals surface area contributed by atoms with Gasteiger partial charge in [0.25, 0.3) is 5.91 Å². The summed E-state index contributed by atoms with van der Waals surface area (Å²) in [6.07, 6.45) is 0.171. The molecule has 38 heavy (non-hydrogen) atoms. The van der Waals surface area contributed by atoms with Gasteiger partial charge in [0, 0.05) is 24.5 Å². The highest BCUT2D eigenvalue weighted by Gasteiger charge is 2.45. The number of aliphatic hydroxyl groups excluding tert-OH is 3. The second-order valence-corrected chi connectivity index (χ2v) is 9.27. The molecule has 1 saturated heterocycles. The zero-order valence-corrected chi connectivity index (χ0v) is 21.3. The van der Waals surface area contributed by atoms with Gasteiger partial charge in [0.15, 0.2) is 11.7 Å². The molecule has 12 heteroatoms. The van der Waals surface area contributed by atoms with Gasteiger partial charge in [0.1, 0.15) is 35.8 Å². The number of pyridine rings is 1. The van der Waals surface area contributed by atoms with Crippen molar-refractivity contribution in [1.82, 2.24) is 10.3 Å². The summed E-state index contributed by atoms with van der Waals surface area (Å²) < 4.78 is 16.0. The summed E-state index contributed by atoms with van der Waals surface area (Å²) in [6, 6.07) is 4.25. The number of nitrogens with one attached hydrogen (secondary N) is 2. The van der Waals surface area contributed by atoms with Crippen LogP contribution in [0.3, 0.4) is 0 Å². The zero-order valence-electron chi connectivity index (χ0n) is 21.3. The van der Waals surface area contributed by atoms with E-state index in [1.807, 2.05) is 0 Å². The van der Waals surface area contributed by atoms with Gasteiger partial charge < -0.3 is 44.9 Å². The predicted molar refractivity (Wildman–Crippen MR) is 136 cm³/mol. The Balaban J connectivity index is 1.58. The van der Waals surface area contributed by atoms with Gasteiger partial charge >= 0.3 is 5.97 Å². The standard InChI is InChI=1S/C26H36N2O10/c1-36-20(32)11-6-4-2-3-5-7-12-37-26-22(24(34)23(33)19(14-29)38-26)28-25(35)16-13-18(31)15-9-8-10-17(30)21(15)27-16/h8-10,13,19,22-24,26,29-30,33-34H,2-7,11-12,14H2,1H3,(H,27,31)(H,28,35)/t19?,22?,23-,24?,26+/m0/s1. The number of rotatable bonds is 13. The summed E-state index contributed by atoms with van der Waals surface area (Å²) in [5, 5.41) is 43.4. The maximum absolute atomic E-state index is 13.0. The molecule has 2 heterocycles. The first kappa shape index (κ1) is 29.5. The number of esters is 1. The smallest absolute Gasteiger partial charge is 0.305 e. The molecule has 0 spiro atoms. The van der Waals surface area contributed by atoms with Crippen LogP contribution in [0.5, 0.6) is 5.75 Å². The Morgan fingerprint density at radius 3 is 2.50 bits per heavy atom. The minimum absolute atomic E-state index is 0.0871. The van der Waals surface area contributed by atoms with Crippen LogP contribution in [0.1, 0.15) is 55.4 Å². The number of hydrogen-bond donors (Lipinski definition) is 6. The van der Waals surface area contributed by atoms with E-state index < -0.39 is 48.6 Å². The van der Waals surface area contributed by atoms with E-state index in [1.54, 1.807) is 0 Å². The van der Waals surface area contributed by atoms with Crippen molar-refractivity contribution in [3.8, 4) is 5.75 Å². The third-order valence-corrected chi connectivity index (χ3v) is 6.55. The maximum Gasteiger partial charge on any atom is 0.305 e. The molecule has 1 amide bonds. The van der Waals surface area contributed by atoms with Crippen molar-refractivity contribution < 1.29 is 44.2 Å². The van der Waals surface area contributed by atoms with Crippen LogP contribution in [0.15, 0.2) is 29.1 Å². The lowest BCUT2D eigenvalue weighted by molar-refractivity contribution is -0.269. The van der Waals surface area contributed by atoms with Crippen LogP contribution in [0.2, 0.25) is 0 Å². The number of H-pyrrole nitrogens is 1. The van der Waals surface area contributed by atoms with Crippen molar-refractivity contribution >= 4 is 22.8 Å². The molecule has 1 aromatic carbocycles. The van der Waals surface area contributed by atoms with Crippen LogP contribution in [0.25, 0.3) is 10.9 Å². The molecule has 1 fully saturated rings. The second-order valence-electron chi connectivity index (χ2n) is 9.27. The topological polar surface area (TPSA) is 188 Å². The first-order valence-corrected chi connectivity index (χ1v) is 12.7. The first-order valence-electron chi connectivity index (χ1n) is 12.7. The molecule has 3 unspecified atom stereocenters. The van der Waals surface area contributed by atoms with E-state index in [9.17, 15) is 34.8 Å². The molecular formula is C26H36N2O10. The number of aromatic hydroxyl groups is 1. The number of hydrogen-bond acceptors (Lipinski definition) is 10. The van der Waals surface area contributed by atoms with Crippen molar-refractivity contribution in [2.75, 3.05) is 20.3 Å². The van der Waals surface area contributed by atoms with Gasteiger partial charge in [-0.2, -0.15) is 0 Å². The Kier molecular flexibility index (Phi) is 11.0. The number of fused-ring (bicyclic) bond motifs is 1.